The van der Waals surface area contributed by atoms with Crippen LogP contribution in [0.4, 0.5) is 0 Å². The maximum Gasteiger partial charge on any atom is 0.358 e. The molecule has 1 heterocycles. The van der Waals surface area contributed by atoms with Gasteiger partial charge in [0.2, 0.25) is 0 Å². The molecule has 0 spiro atoms. The van der Waals surface area contributed by atoms with E-state index in [0.29, 0.717) is 17.1 Å². The van der Waals surface area contributed by atoms with Crippen LogP contribution in [0.2, 0.25) is 5.02 Å². The number of carbonyl (C=O) groups is 1. The minimum Gasteiger partial charge on any atom is -0.476 e. The van der Waals surface area contributed by atoms with Gasteiger partial charge in [0.1, 0.15) is 0 Å². The normalized spacial score (nSPS) is 12.3. The highest BCUT2D eigenvalue weighted by atomic mass is 35.5. The first kappa shape index (κ1) is 15.5. The van der Waals surface area contributed by atoms with Crippen molar-refractivity contribution in [3.63, 3.8) is 0 Å². The Morgan fingerprint density at radius 1 is 1.43 bits per heavy atom. The molecule has 1 N–H and O–H groups in total. The van der Waals surface area contributed by atoms with Crippen LogP contribution in [0.25, 0.3) is 0 Å². The molecule has 1 atom stereocenters. The summed E-state index contributed by atoms with van der Waals surface area (Å²) < 4.78 is 1.70. The molecule has 0 aliphatic carbocycles. The van der Waals surface area contributed by atoms with Crippen molar-refractivity contribution in [2.24, 2.45) is 0 Å². The van der Waals surface area contributed by atoms with Crippen molar-refractivity contribution in [3.8, 4) is 0 Å². The van der Waals surface area contributed by atoms with Gasteiger partial charge in [0, 0.05) is 11.4 Å². The molecule has 2 aromatic rings. The summed E-state index contributed by atoms with van der Waals surface area (Å²) in [6, 6.07) is 7.51. The smallest absolute Gasteiger partial charge is 0.358 e. The summed E-state index contributed by atoms with van der Waals surface area (Å²) in [5.74, 6) is -1.06. The van der Waals surface area contributed by atoms with Gasteiger partial charge >= 0.3 is 5.97 Å². The molecule has 0 fully saturated rings. The lowest BCUT2D eigenvalue weighted by Gasteiger charge is -2.14. The molecule has 2 rings (SSSR count). The number of hydrogen-bond donors (Lipinski definition) is 1. The van der Waals surface area contributed by atoms with Gasteiger partial charge in [-0.15, -0.1) is 5.10 Å². The van der Waals surface area contributed by atoms with Crippen LogP contribution in [-0.4, -0.2) is 26.1 Å². The first-order valence-electron chi connectivity index (χ1n) is 6.95. The summed E-state index contributed by atoms with van der Waals surface area (Å²) in [5.41, 5.74) is 1.46. The van der Waals surface area contributed by atoms with E-state index in [9.17, 15) is 9.90 Å². The SMILES string of the molecule is CCCC(C)n1nnc(C(=O)O)c1Cc1ccccc1Cl. The zero-order valence-corrected chi connectivity index (χ0v) is 12.8. The zero-order valence-electron chi connectivity index (χ0n) is 12.1. The van der Waals surface area contributed by atoms with Crippen LogP contribution >= 0.6 is 11.6 Å². The molecule has 1 unspecified atom stereocenters. The summed E-state index contributed by atoms with van der Waals surface area (Å²) in [6.45, 7) is 4.10. The Kier molecular flexibility index (Phi) is 4.96. The van der Waals surface area contributed by atoms with Gasteiger partial charge in [-0.3, -0.25) is 0 Å². The van der Waals surface area contributed by atoms with Gasteiger partial charge in [-0.05, 0) is 25.0 Å². The summed E-state index contributed by atoms with van der Waals surface area (Å²) in [5, 5.41) is 17.7. The third kappa shape index (κ3) is 3.42. The van der Waals surface area contributed by atoms with Gasteiger partial charge in [-0.1, -0.05) is 48.4 Å². The summed E-state index contributed by atoms with van der Waals surface area (Å²) in [6.07, 6.45) is 2.31. The van der Waals surface area contributed by atoms with Crippen LogP contribution in [0.1, 0.15) is 54.5 Å². The fourth-order valence-electron chi connectivity index (χ4n) is 2.36. The maximum atomic E-state index is 11.3. The lowest BCUT2D eigenvalue weighted by Crippen LogP contribution is -2.13. The minimum atomic E-state index is -1.06. The van der Waals surface area contributed by atoms with Crippen LogP contribution in [0.5, 0.6) is 0 Å². The second-order valence-corrected chi connectivity index (χ2v) is 5.45. The largest absolute Gasteiger partial charge is 0.476 e. The molecule has 1 aromatic carbocycles. The molecule has 6 heteroatoms. The Morgan fingerprint density at radius 3 is 2.76 bits per heavy atom. The Balaban J connectivity index is 2.42. The second kappa shape index (κ2) is 6.72. The van der Waals surface area contributed by atoms with E-state index in [1.807, 2.05) is 25.1 Å². The molecule has 1 aromatic heterocycles. The van der Waals surface area contributed by atoms with Crippen molar-refractivity contribution < 1.29 is 9.90 Å². The Morgan fingerprint density at radius 2 is 2.14 bits per heavy atom. The van der Waals surface area contributed by atoms with Crippen molar-refractivity contribution in [2.75, 3.05) is 0 Å². The highest BCUT2D eigenvalue weighted by Crippen LogP contribution is 2.23. The van der Waals surface area contributed by atoms with Crippen LogP contribution < -0.4 is 0 Å². The van der Waals surface area contributed by atoms with Gasteiger partial charge in [-0.2, -0.15) is 0 Å². The molecule has 0 saturated heterocycles. The van der Waals surface area contributed by atoms with Crippen LogP contribution in [0.3, 0.4) is 0 Å². The van der Waals surface area contributed by atoms with Crippen LogP contribution in [0.15, 0.2) is 24.3 Å². The van der Waals surface area contributed by atoms with E-state index in [1.165, 1.54) is 0 Å². The molecule has 112 valence electrons. The second-order valence-electron chi connectivity index (χ2n) is 5.04. The predicted octanol–water partition coefficient (Wildman–Crippen LogP) is 3.58. The summed E-state index contributed by atoms with van der Waals surface area (Å²) in [7, 11) is 0. The number of rotatable bonds is 6. The lowest BCUT2D eigenvalue weighted by atomic mass is 10.1. The Labute approximate surface area is 128 Å². The van der Waals surface area contributed by atoms with Crippen molar-refractivity contribution in [3.05, 3.63) is 46.2 Å². The topological polar surface area (TPSA) is 68.0 Å². The maximum absolute atomic E-state index is 11.3. The van der Waals surface area contributed by atoms with Gasteiger partial charge in [-0.25, -0.2) is 9.48 Å². The molecular formula is C15H18ClN3O2. The molecule has 0 aliphatic heterocycles. The van der Waals surface area contributed by atoms with Gasteiger partial charge in [0.15, 0.2) is 5.69 Å². The molecule has 0 bridgehead atoms. The molecule has 5 nitrogen and oxygen atoms in total. The fraction of sp³-hybridized carbons (Fsp3) is 0.400. The third-order valence-corrected chi connectivity index (χ3v) is 3.80. The van der Waals surface area contributed by atoms with Crippen LogP contribution in [-0.2, 0) is 6.42 Å². The molecule has 0 amide bonds. The van der Waals surface area contributed by atoms with E-state index in [0.717, 1.165) is 18.4 Å². The van der Waals surface area contributed by atoms with Crippen molar-refractivity contribution in [1.29, 1.82) is 0 Å². The first-order chi connectivity index (χ1) is 10.0. The number of benzene rings is 1. The van der Waals surface area contributed by atoms with E-state index < -0.39 is 5.97 Å². The Hall–Kier alpha value is -1.88. The lowest BCUT2D eigenvalue weighted by molar-refractivity contribution is 0.0689. The minimum absolute atomic E-state index is 0.00197. The average molecular weight is 308 g/mol. The summed E-state index contributed by atoms with van der Waals surface area (Å²) in [4.78, 5) is 11.3. The van der Waals surface area contributed by atoms with Gasteiger partial charge in [0.25, 0.3) is 0 Å². The predicted molar refractivity (Wildman–Crippen MR) is 80.9 cm³/mol. The monoisotopic (exact) mass is 307 g/mol. The quantitative estimate of drug-likeness (QED) is 0.885. The van der Waals surface area contributed by atoms with Crippen molar-refractivity contribution >= 4 is 17.6 Å². The number of carboxylic acid groups (broad SMARTS) is 1. The van der Waals surface area contributed by atoms with E-state index in [4.69, 9.17) is 11.6 Å². The zero-order chi connectivity index (χ0) is 15.4. The van der Waals surface area contributed by atoms with Crippen LogP contribution in [0, 0.1) is 0 Å². The molecule has 0 saturated carbocycles. The average Bonchev–Trinajstić information content (AvgIpc) is 2.85. The van der Waals surface area contributed by atoms with E-state index in [1.54, 1.807) is 10.7 Å². The third-order valence-electron chi connectivity index (χ3n) is 3.43. The van der Waals surface area contributed by atoms with E-state index in [-0.39, 0.29) is 11.7 Å². The standard InChI is InChI=1S/C15H18ClN3O2/c1-3-6-10(2)19-13(14(15(20)21)17-18-19)9-11-7-4-5-8-12(11)16/h4-5,7-8,10H,3,6,9H2,1-2H3,(H,20,21). The molecule has 0 aliphatic rings. The highest BCUT2D eigenvalue weighted by molar-refractivity contribution is 6.31. The number of halogens is 1. The number of hydrogen-bond acceptors (Lipinski definition) is 3. The molecule has 21 heavy (non-hydrogen) atoms. The van der Waals surface area contributed by atoms with Crippen molar-refractivity contribution in [1.82, 2.24) is 15.0 Å². The van der Waals surface area contributed by atoms with Gasteiger partial charge in [0.05, 0.1) is 11.7 Å². The molecular weight excluding hydrogens is 290 g/mol. The highest BCUT2D eigenvalue weighted by Gasteiger charge is 2.22. The molecule has 0 radical (unpaired) electrons. The van der Waals surface area contributed by atoms with E-state index >= 15 is 0 Å². The number of carboxylic acids is 1. The fourth-order valence-corrected chi connectivity index (χ4v) is 2.56. The van der Waals surface area contributed by atoms with E-state index in [2.05, 4.69) is 17.2 Å². The van der Waals surface area contributed by atoms with Gasteiger partial charge < -0.3 is 5.11 Å². The Bertz CT molecular complexity index is 640. The van der Waals surface area contributed by atoms with Crippen molar-refractivity contribution in [2.45, 2.75) is 39.2 Å². The number of aromatic carboxylic acids is 1. The number of aromatic nitrogens is 3. The number of nitrogens with zero attached hydrogens (tertiary/aromatic N) is 3. The first-order valence-corrected chi connectivity index (χ1v) is 7.33. The summed E-state index contributed by atoms with van der Waals surface area (Å²) >= 11 is 6.17.